The summed E-state index contributed by atoms with van der Waals surface area (Å²) in [6, 6.07) is 16.0. The molecule has 6 nitrogen and oxygen atoms in total. The van der Waals surface area contributed by atoms with Gasteiger partial charge in [-0.25, -0.2) is 9.37 Å². The summed E-state index contributed by atoms with van der Waals surface area (Å²) in [5.41, 5.74) is 2.90. The standard InChI is InChI=1S/C24H23FN2O4/c1-28-17-9-10-20-19(13-17)26-24(27(20)14-15-7-5-6-8-18(15)25)16-11-21(29-2)23(31-4)22(12-16)30-3/h5-13H,14H2,1-4H3. The fraction of sp³-hybridized carbons (Fsp3) is 0.208. The third-order valence-corrected chi connectivity index (χ3v) is 5.16. The Hall–Kier alpha value is -3.74. The Morgan fingerprint density at radius 1 is 0.839 bits per heavy atom. The number of methoxy groups -OCH3 is 4. The SMILES string of the molecule is COc1ccc2c(c1)nc(-c1cc(OC)c(OC)c(OC)c1)n2Cc1ccccc1F. The molecular formula is C24H23FN2O4. The number of rotatable bonds is 7. The van der Waals surface area contributed by atoms with E-state index in [4.69, 9.17) is 23.9 Å². The van der Waals surface area contributed by atoms with E-state index in [1.807, 2.05) is 41.0 Å². The highest BCUT2D eigenvalue weighted by atomic mass is 19.1. The number of hydrogen-bond acceptors (Lipinski definition) is 5. The van der Waals surface area contributed by atoms with Crippen LogP contribution in [0.5, 0.6) is 23.0 Å². The van der Waals surface area contributed by atoms with Crippen LogP contribution in [0.1, 0.15) is 5.56 Å². The second-order valence-corrected chi connectivity index (χ2v) is 6.88. The van der Waals surface area contributed by atoms with Crippen LogP contribution in [0.2, 0.25) is 0 Å². The van der Waals surface area contributed by atoms with Crippen LogP contribution in [0, 0.1) is 5.82 Å². The maximum absolute atomic E-state index is 14.5. The van der Waals surface area contributed by atoms with Gasteiger partial charge in [0, 0.05) is 17.2 Å². The van der Waals surface area contributed by atoms with Gasteiger partial charge in [0.15, 0.2) is 11.5 Å². The van der Waals surface area contributed by atoms with Gasteiger partial charge in [0.1, 0.15) is 17.4 Å². The van der Waals surface area contributed by atoms with E-state index in [1.54, 1.807) is 40.6 Å². The second kappa shape index (κ2) is 8.55. The fourth-order valence-electron chi connectivity index (χ4n) is 3.62. The number of aromatic nitrogens is 2. The summed E-state index contributed by atoms with van der Waals surface area (Å²) in [5.74, 6) is 2.59. The maximum Gasteiger partial charge on any atom is 0.203 e. The minimum absolute atomic E-state index is 0.270. The molecule has 0 amide bonds. The lowest BCUT2D eigenvalue weighted by molar-refractivity contribution is 0.324. The van der Waals surface area contributed by atoms with Crippen molar-refractivity contribution in [3.63, 3.8) is 0 Å². The van der Waals surface area contributed by atoms with Crippen LogP contribution in [0.4, 0.5) is 4.39 Å². The molecule has 0 atom stereocenters. The van der Waals surface area contributed by atoms with E-state index in [0.717, 1.165) is 16.6 Å². The highest BCUT2D eigenvalue weighted by Crippen LogP contribution is 2.41. The third kappa shape index (κ3) is 3.74. The molecule has 0 bridgehead atoms. The molecule has 0 spiro atoms. The quantitative estimate of drug-likeness (QED) is 0.423. The molecule has 0 aliphatic rings. The van der Waals surface area contributed by atoms with Crippen molar-refractivity contribution in [1.82, 2.24) is 9.55 Å². The van der Waals surface area contributed by atoms with E-state index < -0.39 is 0 Å². The number of halogens is 1. The van der Waals surface area contributed by atoms with Gasteiger partial charge in [-0.05, 0) is 30.3 Å². The molecule has 0 N–H and O–H groups in total. The number of imidazole rings is 1. The Morgan fingerprint density at radius 2 is 1.55 bits per heavy atom. The van der Waals surface area contributed by atoms with Gasteiger partial charge >= 0.3 is 0 Å². The predicted molar refractivity (Wildman–Crippen MR) is 117 cm³/mol. The van der Waals surface area contributed by atoms with E-state index in [9.17, 15) is 4.39 Å². The van der Waals surface area contributed by atoms with Crippen LogP contribution in [0.3, 0.4) is 0 Å². The average Bonchev–Trinajstić information content (AvgIpc) is 3.16. The molecule has 0 radical (unpaired) electrons. The molecule has 1 heterocycles. The van der Waals surface area contributed by atoms with Crippen molar-refractivity contribution in [2.75, 3.05) is 28.4 Å². The molecule has 0 saturated carbocycles. The van der Waals surface area contributed by atoms with Gasteiger partial charge in [0.05, 0.1) is 46.0 Å². The zero-order chi connectivity index (χ0) is 22.0. The number of hydrogen-bond donors (Lipinski definition) is 0. The minimum Gasteiger partial charge on any atom is -0.497 e. The van der Waals surface area contributed by atoms with Gasteiger partial charge in [-0.3, -0.25) is 0 Å². The molecule has 160 valence electrons. The molecule has 1 aromatic heterocycles. The molecule has 7 heteroatoms. The van der Waals surface area contributed by atoms with Gasteiger partial charge in [0.2, 0.25) is 5.75 Å². The van der Waals surface area contributed by atoms with E-state index >= 15 is 0 Å². The molecule has 0 unspecified atom stereocenters. The first-order chi connectivity index (χ1) is 15.1. The molecule has 4 aromatic rings. The maximum atomic E-state index is 14.5. The van der Waals surface area contributed by atoms with Crippen molar-refractivity contribution in [1.29, 1.82) is 0 Å². The molecular weight excluding hydrogens is 399 g/mol. The van der Waals surface area contributed by atoms with E-state index in [0.29, 0.717) is 40.9 Å². The third-order valence-electron chi connectivity index (χ3n) is 5.16. The summed E-state index contributed by atoms with van der Waals surface area (Å²) in [6.07, 6.45) is 0. The zero-order valence-corrected chi connectivity index (χ0v) is 17.8. The largest absolute Gasteiger partial charge is 0.497 e. The van der Waals surface area contributed by atoms with Crippen LogP contribution in [0.25, 0.3) is 22.4 Å². The Bertz CT molecular complexity index is 1210. The van der Waals surface area contributed by atoms with E-state index in [-0.39, 0.29) is 5.82 Å². The van der Waals surface area contributed by atoms with Crippen molar-refractivity contribution in [2.24, 2.45) is 0 Å². The van der Waals surface area contributed by atoms with Gasteiger partial charge in [0.25, 0.3) is 0 Å². The van der Waals surface area contributed by atoms with Crippen molar-refractivity contribution in [3.05, 3.63) is 66.0 Å². The van der Waals surface area contributed by atoms with Gasteiger partial charge in [-0.1, -0.05) is 18.2 Å². The summed E-state index contributed by atoms with van der Waals surface area (Å²) >= 11 is 0. The van der Waals surface area contributed by atoms with Crippen molar-refractivity contribution in [3.8, 4) is 34.4 Å². The summed E-state index contributed by atoms with van der Waals surface area (Å²) in [5, 5.41) is 0. The highest BCUT2D eigenvalue weighted by Gasteiger charge is 2.20. The minimum atomic E-state index is -0.270. The van der Waals surface area contributed by atoms with Crippen molar-refractivity contribution < 1.29 is 23.3 Å². The molecule has 31 heavy (non-hydrogen) atoms. The Kier molecular flexibility index (Phi) is 5.66. The summed E-state index contributed by atoms with van der Waals surface area (Å²) in [4.78, 5) is 4.83. The molecule has 0 fully saturated rings. The van der Waals surface area contributed by atoms with Gasteiger partial charge in [-0.15, -0.1) is 0 Å². The van der Waals surface area contributed by atoms with Crippen molar-refractivity contribution >= 4 is 11.0 Å². The summed E-state index contributed by atoms with van der Waals surface area (Å²) in [7, 11) is 6.29. The number of benzene rings is 3. The molecule has 4 rings (SSSR count). The molecule has 0 saturated heterocycles. The first kappa shape index (κ1) is 20.5. The van der Waals surface area contributed by atoms with Crippen LogP contribution in [-0.4, -0.2) is 38.0 Å². The van der Waals surface area contributed by atoms with Crippen LogP contribution < -0.4 is 18.9 Å². The number of ether oxygens (including phenoxy) is 4. The zero-order valence-electron chi connectivity index (χ0n) is 17.8. The Labute approximate surface area is 179 Å². The van der Waals surface area contributed by atoms with Crippen LogP contribution in [0.15, 0.2) is 54.6 Å². The van der Waals surface area contributed by atoms with Gasteiger partial charge < -0.3 is 23.5 Å². The van der Waals surface area contributed by atoms with E-state index in [2.05, 4.69) is 0 Å². The van der Waals surface area contributed by atoms with Crippen LogP contribution >= 0.6 is 0 Å². The predicted octanol–water partition coefficient (Wildman–Crippen LogP) is 4.93. The molecule has 0 aliphatic heterocycles. The topological polar surface area (TPSA) is 54.7 Å². The summed E-state index contributed by atoms with van der Waals surface area (Å²) in [6.45, 7) is 0.307. The normalized spacial score (nSPS) is 10.9. The van der Waals surface area contributed by atoms with Gasteiger partial charge in [-0.2, -0.15) is 0 Å². The van der Waals surface area contributed by atoms with Crippen LogP contribution in [-0.2, 0) is 6.54 Å². The molecule has 3 aromatic carbocycles. The van der Waals surface area contributed by atoms with E-state index in [1.165, 1.54) is 6.07 Å². The lowest BCUT2D eigenvalue weighted by atomic mass is 10.1. The lowest BCUT2D eigenvalue weighted by Crippen LogP contribution is -2.05. The first-order valence-corrected chi connectivity index (χ1v) is 9.67. The fourth-order valence-corrected chi connectivity index (χ4v) is 3.62. The number of nitrogens with zero attached hydrogens (tertiary/aromatic N) is 2. The Balaban J connectivity index is 1.96. The number of fused-ring (bicyclic) bond motifs is 1. The lowest BCUT2D eigenvalue weighted by Gasteiger charge is -2.15. The monoisotopic (exact) mass is 422 g/mol. The molecule has 0 aliphatic carbocycles. The average molecular weight is 422 g/mol. The second-order valence-electron chi connectivity index (χ2n) is 6.88. The smallest absolute Gasteiger partial charge is 0.203 e. The van der Waals surface area contributed by atoms with Crippen molar-refractivity contribution in [2.45, 2.75) is 6.54 Å². The Morgan fingerprint density at radius 3 is 2.16 bits per heavy atom. The summed E-state index contributed by atoms with van der Waals surface area (Å²) < 4.78 is 38.2. The highest BCUT2D eigenvalue weighted by molar-refractivity contribution is 5.83. The first-order valence-electron chi connectivity index (χ1n) is 9.67.